The van der Waals surface area contributed by atoms with Gasteiger partial charge in [-0.2, -0.15) is 13.2 Å². The third-order valence-electron chi connectivity index (χ3n) is 1.32. The van der Waals surface area contributed by atoms with Crippen LogP contribution in [0.4, 0.5) is 13.2 Å². The maximum absolute atomic E-state index is 11.9. The van der Waals surface area contributed by atoms with Crippen LogP contribution in [0.25, 0.3) is 0 Å². The fourth-order valence-corrected chi connectivity index (χ4v) is 0.863. The number of amidine groups is 1. The first kappa shape index (κ1) is 10.9. The van der Waals surface area contributed by atoms with Crippen LogP contribution in [0.2, 0.25) is 0 Å². The molecule has 2 N–H and O–H groups in total. The molecule has 1 atom stereocenters. The van der Waals surface area contributed by atoms with Gasteiger partial charge < -0.3 is 10.5 Å². The van der Waals surface area contributed by atoms with Gasteiger partial charge in [0.2, 0.25) is 12.1 Å². The van der Waals surface area contributed by atoms with Gasteiger partial charge in [0.15, 0.2) is 0 Å². The molecule has 0 aromatic carbocycles. The number of halogens is 4. The van der Waals surface area contributed by atoms with E-state index in [1.807, 2.05) is 0 Å². The van der Waals surface area contributed by atoms with Crippen LogP contribution in [0.5, 0.6) is 0 Å². The highest BCUT2D eigenvalue weighted by Crippen LogP contribution is 2.21. The Balaban J connectivity index is 2.78. The van der Waals surface area contributed by atoms with Gasteiger partial charge in [0, 0.05) is 0 Å². The molecule has 1 rings (SSSR count). The average Bonchev–Trinajstić information content (AvgIpc) is 2.07. The van der Waals surface area contributed by atoms with Crippen molar-refractivity contribution in [3.05, 3.63) is 23.4 Å². The molecule has 0 aromatic rings. The van der Waals surface area contributed by atoms with Gasteiger partial charge in [0.1, 0.15) is 0 Å². The molecule has 1 aliphatic heterocycles. The number of nitrogens with zero attached hydrogens (tertiary/aromatic N) is 1. The van der Waals surface area contributed by atoms with Gasteiger partial charge in [-0.1, -0.05) is 11.6 Å². The highest BCUT2D eigenvalue weighted by molar-refractivity contribution is 6.30. The molecule has 0 aliphatic carbocycles. The number of rotatable bonds is 1. The Morgan fingerprint density at radius 2 is 2.21 bits per heavy atom. The third kappa shape index (κ3) is 2.66. The summed E-state index contributed by atoms with van der Waals surface area (Å²) in [6.07, 6.45) is -1.87. The van der Waals surface area contributed by atoms with Gasteiger partial charge in [-0.25, -0.2) is 4.99 Å². The fraction of sp³-hybridized carbons (Fsp3) is 0.286. The van der Waals surface area contributed by atoms with Crippen molar-refractivity contribution in [1.29, 1.82) is 0 Å². The number of allylic oxidation sites excluding steroid dienone is 2. The second-order valence-corrected chi connectivity index (χ2v) is 2.82. The second kappa shape index (κ2) is 3.91. The number of hydrogen-bond donors (Lipinski definition) is 1. The Kier molecular flexibility index (Phi) is 3.05. The predicted molar refractivity (Wildman–Crippen MR) is 45.6 cm³/mol. The van der Waals surface area contributed by atoms with Gasteiger partial charge in [0.25, 0.3) is 0 Å². The lowest BCUT2D eigenvalue weighted by atomic mass is 10.4. The molecule has 0 fully saturated rings. The van der Waals surface area contributed by atoms with Gasteiger partial charge in [-0.3, -0.25) is 0 Å². The number of ether oxygens (including phenoxy) is 1. The Bertz CT molecular complexity index is 309. The summed E-state index contributed by atoms with van der Waals surface area (Å²) < 4.78 is 40.5. The fourth-order valence-electron chi connectivity index (χ4n) is 0.690. The molecule has 3 nitrogen and oxygen atoms in total. The molecule has 0 aromatic heterocycles. The minimum atomic E-state index is -4.66. The highest BCUT2D eigenvalue weighted by Gasteiger charge is 2.34. The Labute approximate surface area is 82.7 Å². The monoisotopic (exact) mass is 226 g/mol. The standard InChI is InChI=1S/C7H6ClF3N2O/c8-4-2-1-3-14-5(4)13-6(12)7(9,10)11/h1-3,5H,(H2,12,13). The molecule has 0 saturated carbocycles. The normalized spacial score (nSPS) is 23.0. The van der Waals surface area contributed by atoms with Crippen LogP contribution in [0.1, 0.15) is 0 Å². The van der Waals surface area contributed by atoms with Crippen molar-refractivity contribution in [2.24, 2.45) is 10.7 Å². The summed E-state index contributed by atoms with van der Waals surface area (Å²) >= 11 is 5.53. The largest absolute Gasteiger partial charge is 0.471 e. The van der Waals surface area contributed by atoms with Crippen molar-refractivity contribution >= 4 is 17.4 Å². The average molecular weight is 227 g/mol. The summed E-state index contributed by atoms with van der Waals surface area (Å²) in [5.74, 6) is -1.47. The van der Waals surface area contributed by atoms with Gasteiger partial charge in [0.05, 0.1) is 11.3 Å². The molecule has 1 heterocycles. The molecule has 0 bridgehead atoms. The summed E-state index contributed by atoms with van der Waals surface area (Å²) in [5, 5.41) is 0.0414. The minimum Gasteiger partial charge on any atom is -0.471 e. The van der Waals surface area contributed by atoms with Crippen LogP contribution >= 0.6 is 11.6 Å². The van der Waals surface area contributed by atoms with E-state index in [1.165, 1.54) is 18.4 Å². The number of aliphatic imine (C=N–C) groups is 1. The van der Waals surface area contributed by atoms with Gasteiger partial charge >= 0.3 is 6.18 Å². The van der Waals surface area contributed by atoms with Crippen molar-refractivity contribution in [3.8, 4) is 0 Å². The Hall–Kier alpha value is -1.17. The van der Waals surface area contributed by atoms with Crippen LogP contribution in [-0.4, -0.2) is 18.2 Å². The third-order valence-corrected chi connectivity index (χ3v) is 1.64. The molecule has 0 spiro atoms. The van der Waals surface area contributed by atoms with Crippen molar-refractivity contribution in [2.75, 3.05) is 0 Å². The maximum atomic E-state index is 11.9. The first-order chi connectivity index (χ1) is 6.41. The number of hydrogen-bond acceptors (Lipinski definition) is 2. The second-order valence-electron chi connectivity index (χ2n) is 2.38. The summed E-state index contributed by atoms with van der Waals surface area (Å²) in [6.45, 7) is 0. The van der Waals surface area contributed by atoms with Crippen molar-refractivity contribution in [1.82, 2.24) is 0 Å². The number of alkyl halides is 3. The number of nitrogens with two attached hydrogens (primary N) is 1. The van der Waals surface area contributed by atoms with Crippen LogP contribution in [0, 0.1) is 0 Å². The lowest BCUT2D eigenvalue weighted by Crippen LogP contribution is -2.33. The minimum absolute atomic E-state index is 0.0414. The van der Waals surface area contributed by atoms with E-state index in [1.54, 1.807) is 0 Å². The lowest BCUT2D eigenvalue weighted by molar-refractivity contribution is -0.0608. The van der Waals surface area contributed by atoms with E-state index in [0.29, 0.717) is 0 Å². The maximum Gasteiger partial charge on any atom is 0.448 e. The smallest absolute Gasteiger partial charge is 0.448 e. The van der Waals surface area contributed by atoms with Crippen molar-refractivity contribution < 1.29 is 17.9 Å². The molecule has 7 heteroatoms. The van der Waals surface area contributed by atoms with Crippen LogP contribution in [0.15, 0.2) is 28.4 Å². The van der Waals surface area contributed by atoms with Crippen LogP contribution in [-0.2, 0) is 4.74 Å². The summed E-state index contributed by atoms with van der Waals surface area (Å²) in [6, 6.07) is 0. The van der Waals surface area contributed by atoms with E-state index in [2.05, 4.69) is 10.7 Å². The van der Waals surface area contributed by atoms with E-state index in [-0.39, 0.29) is 5.03 Å². The van der Waals surface area contributed by atoms with Gasteiger partial charge in [-0.15, -0.1) is 0 Å². The summed E-state index contributed by atoms with van der Waals surface area (Å²) in [5.41, 5.74) is 4.68. The topological polar surface area (TPSA) is 47.6 Å². The predicted octanol–water partition coefficient (Wildman–Crippen LogP) is 1.90. The highest BCUT2D eigenvalue weighted by atomic mass is 35.5. The van der Waals surface area contributed by atoms with E-state index >= 15 is 0 Å². The molecule has 0 amide bonds. The van der Waals surface area contributed by atoms with E-state index in [4.69, 9.17) is 16.3 Å². The lowest BCUT2D eigenvalue weighted by Gasteiger charge is -2.15. The van der Waals surface area contributed by atoms with Crippen molar-refractivity contribution in [2.45, 2.75) is 12.4 Å². The summed E-state index contributed by atoms with van der Waals surface area (Å²) in [7, 11) is 0. The molecule has 78 valence electrons. The SMILES string of the molecule is NC(=NC1OC=CC=C1Cl)C(F)(F)F. The first-order valence-corrected chi connectivity index (χ1v) is 3.87. The van der Waals surface area contributed by atoms with Crippen molar-refractivity contribution in [3.63, 3.8) is 0 Å². The van der Waals surface area contributed by atoms with E-state index in [0.717, 1.165) is 0 Å². The molecular formula is C7H6ClF3N2O. The zero-order valence-electron chi connectivity index (χ0n) is 6.75. The molecule has 1 unspecified atom stereocenters. The molecule has 0 saturated heterocycles. The first-order valence-electron chi connectivity index (χ1n) is 3.49. The van der Waals surface area contributed by atoms with E-state index in [9.17, 15) is 13.2 Å². The quantitative estimate of drug-likeness (QED) is 0.548. The van der Waals surface area contributed by atoms with Gasteiger partial charge in [-0.05, 0) is 12.2 Å². The molecule has 0 radical (unpaired) electrons. The van der Waals surface area contributed by atoms with Crippen LogP contribution < -0.4 is 5.73 Å². The molecular weight excluding hydrogens is 221 g/mol. The zero-order valence-corrected chi connectivity index (χ0v) is 7.51. The Morgan fingerprint density at radius 3 is 2.71 bits per heavy atom. The molecule has 14 heavy (non-hydrogen) atoms. The van der Waals surface area contributed by atoms with Crippen LogP contribution in [0.3, 0.4) is 0 Å². The summed E-state index contributed by atoms with van der Waals surface area (Å²) in [4.78, 5) is 3.08. The molecule has 1 aliphatic rings. The zero-order chi connectivity index (χ0) is 10.8. The Morgan fingerprint density at radius 1 is 1.57 bits per heavy atom. The van der Waals surface area contributed by atoms with E-state index < -0.39 is 18.2 Å².